The van der Waals surface area contributed by atoms with Gasteiger partial charge in [-0.3, -0.25) is 9.98 Å². The molecule has 0 radical (unpaired) electrons. The molecule has 2 aromatic heterocycles. The van der Waals surface area contributed by atoms with E-state index in [1.165, 1.54) is 0 Å². The van der Waals surface area contributed by atoms with E-state index >= 15 is 0 Å². The predicted molar refractivity (Wildman–Crippen MR) is 113 cm³/mol. The summed E-state index contributed by atoms with van der Waals surface area (Å²) in [5, 5.41) is 1.86. The molecule has 0 atom stereocenters. The number of rotatable bonds is 5. The number of methoxy groups -OCH3 is 2. The first-order valence-corrected chi connectivity index (χ1v) is 9.34. The normalized spacial score (nSPS) is 11.6. The number of aromatic nitrogens is 1. The van der Waals surface area contributed by atoms with Crippen molar-refractivity contribution in [1.82, 2.24) is 4.98 Å². The van der Waals surface area contributed by atoms with Gasteiger partial charge in [-0.1, -0.05) is 17.7 Å². The first-order valence-electron chi connectivity index (χ1n) is 9.34. The third-order valence-electron chi connectivity index (χ3n) is 4.72. The summed E-state index contributed by atoms with van der Waals surface area (Å²) in [5.41, 5.74) is 3.89. The molecule has 0 spiro atoms. The van der Waals surface area contributed by atoms with E-state index in [9.17, 15) is 0 Å². The summed E-state index contributed by atoms with van der Waals surface area (Å²) in [4.78, 5) is 9.02. The summed E-state index contributed by atoms with van der Waals surface area (Å²) >= 11 is 0. The summed E-state index contributed by atoms with van der Waals surface area (Å²) in [7, 11) is 3.24. The van der Waals surface area contributed by atoms with E-state index in [1.807, 2.05) is 54.7 Å². The van der Waals surface area contributed by atoms with Gasteiger partial charge in [0.15, 0.2) is 11.5 Å². The third kappa shape index (κ3) is 3.99. The van der Waals surface area contributed by atoms with Gasteiger partial charge in [-0.15, -0.1) is 0 Å². The SMILES string of the molecule is COc1ccc(-c2cc(=NCc3cccnc3)c3cc(C)ccc3o2)cc1OC. The molecule has 2 heterocycles. The fourth-order valence-corrected chi connectivity index (χ4v) is 3.21. The van der Waals surface area contributed by atoms with Crippen LogP contribution < -0.4 is 14.8 Å². The second-order valence-electron chi connectivity index (χ2n) is 6.74. The number of hydrogen-bond donors (Lipinski definition) is 0. The molecule has 0 aliphatic heterocycles. The van der Waals surface area contributed by atoms with E-state index in [-0.39, 0.29) is 0 Å². The maximum absolute atomic E-state index is 6.20. The Kier molecular flexibility index (Phi) is 5.29. The van der Waals surface area contributed by atoms with Gasteiger partial charge in [0, 0.05) is 29.4 Å². The summed E-state index contributed by atoms with van der Waals surface area (Å²) in [6, 6.07) is 17.8. The second-order valence-corrected chi connectivity index (χ2v) is 6.74. The van der Waals surface area contributed by atoms with Crippen LogP contribution in [0.1, 0.15) is 11.1 Å². The average molecular weight is 386 g/mol. The van der Waals surface area contributed by atoms with Crippen LogP contribution in [0, 0.1) is 6.92 Å². The van der Waals surface area contributed by atoms with Gasteiger partial charge in [-0.25, -0.2) is 0 Å². The molecule has 4 rings (SSSR count). The van der Waals surface area contributed by atoms with E-state index in [1.54, 1.807) is 20.4 Å². The van der Waals surface area contributed by atoms with Crippen LogP contribution in [0.25, 0.3) is 22.3 Å². The van der Waals surface area contributed by atoms with Gasteiger partial charge in [0.1, 0.15) is 11.3 Å². The lowest BCUT2D eigenvalue weighted by Gasteiger charge is -2.10. The maximum Gasteiger partial charge on any atom is 0.161 e. The molecule has 0 aliphatic rings. The maximum atomic E-state index is 6.20. The Morgan fingerprint density at radius 1 is 0.966 bits per heavy atom. The van der Waals surface area contributed by atoms with E-state index in [0.717, 1.165) is 33.0 Å². The zero-order valence-corrected chi connectivity index (χ0v) is 16.7. The Labute approximate surface area is 169 Å². The molecule has 0 aliphatic carbocycles. The molecule has 0 N–H and O–H groups in total. The Morgan fingerprint density at radius 3 is 2.59 bits per heavy atom. The highest BCUT2D eigenvalue weighted by Crippen LogP contribution is 2.32. The number of pyridine rings is 1. The molecule has 2 aromatic carbocycles. The van der Waals surface area contributed by atoms with Crippen LogP contribution in [0.2, 0.25) is 0 Å². The van der Waals surface area contributed by atoms with Crippen molar-refractivity contribution in [3.8, 4) is 22.8 Å². The fraction of sp³-hybridized carbons (Fsp3) is 0.167. The Bertz CT molecular complexity index is 1210. The Balaban J connectivity index is 1.87. The third-order valence-corrected chi connectivity index (χ3v) is 4.72. The molecule has 5 heteroatoms. The molecule has 0 saturated carbocycles. The minimum Gasteiger partial charge on any atom is -0.493 e. The monoisotopic (exact) mass is 386 g/mol. The number of ether oxygens (including phenoxy) is 2. The quantitative estimate of drug-likeness (QED) is 0.488. The van der Waals surface area contributed by atoms with E-state index in [0.29, 0.717) is 23.8 Å². The van der Waals surface area contributed by atoms with Crippen LogP contribution in [0.5, 0.6) is 11.5 Å². The van der Waals surface area contributed by atoms with Crippen molar-refractivity contribution in [2.75, 3.05) is 14.2 Å². The van der Waals surface area contributed by atoms with Gasteiger partial charge >= 0.3 is 0 Å². The van der Waals surface area contributed by atoms with Gasteiger partial charge in [-0.05, 0) is 48.9 Å². The molecule has 0 amide bonds. The van der Waals surface area contributed by atoms with Crippen molar-refractivity contribution in [3.05, 3.63) is 83.5 Å². The molecule has 0 bridgehead atoms. The van der Waals surface area contributed by atoms with Gasteiger partial charge < -0.3 is 13.9 Å². The van der Waals surface area contributed by atoms with Crippen molar-refractivity contribution in [1.29, 1.82) is 0 Å². The molecule has 0 fully saturated rings. The minimum atomic E-state index is 0.548. The van der Waals surface area contributed by atoms with Crippen LogP contribution >= 0.6 is 0 Å². The largest absolute Gasteiger partial charge is 0.493 e. The lowest BCUT2D eigenvalue weighted by Crippen LogP contribution is -2.05. The van der Waals surface area contributed by atoms with E-state index in [2.05, 4.69) is 18.0 Å². The van der Waals surface area contributed by atoms with Gasteiger partial charge in [0.2, 0.25) is 0 Å². The van der Waals surface area contributed by atoms with Gasteiger partial charge in [0.25, 0.3) is 0 Å². The first kappa shape index (κ1) is 18.7. The first-order chi connectivity index (χ1) is 14.2. The van der Waals surface area contributed by atoms with Crippen molar-refractivity contribution in [2.45, 2.75) is 13.5 Å². The number of hydrogen-bond acceptors (Lipinski definition) is 5. The smallest absolute Gasteiger partial charge is 0.161 e. The van der Waals surface area contributed by atoms with Crippen molar-refractivity contribution in [2.24, 2.45) is 4.99 Å². The zero-order chi connectivity index (χ0) is 20.2. The molecular weight excluding hydrogens is 364 g/mol. The number of nitrogens with zero attached hydrogens (tertiary/aromatic N) is 2. The summed E-state index contributed by atoms with van der Waals surface area (Å²) in [6.45, 7) is 2.61. The molecular formula is C24H22N2O3. The van der Waals surface area contributed by atoms with E-state index in [4.69, 9.17) is 18.9 Å². The molecule has 4 aromatic rings. The van der Waals surface area contributed by atoms with Crippen LogP contribution in [0.15, 0.2) is 76.4 Å². The summed E-state index contributed by atoms with van der Waals surface area (Å²) < 4.78 is 17.0. The lowest BCUT2D eigenvalue weighted by molar-refractivity contribution is 0.355. The average Bonchev–Trinajstić information content (AvgIpc) is 2.77. The fourth-order valence-electron chi connectivity index (χ4n) is 3.21. The summed E-state index contributed by atoms with van der Waals surface area (Å²) in [5.74, 6) is 2.04. The zero-order valence-electron chi connectivity index (χ0n) is 16.7. The topological polar surface area (TPSA) is 56.9 Å². The molecule has 0 unspecified atom stereocenters. The Morgan fingerprint density at radius 2 is 1.83 bits per heavy atom. The molecule has 5 nitrogen and oxygen atoms in total. The molecule has 146 valence electrons. The Hall–Kier alpha value is -3.60. The second kappa shape index (κ2) is 8.19. The number of benzene rings is 2. The lowest BCUT2D eigenvalue weighted by atomic mass is 10.1. The standard InChI is InChI=1S/C24H22N2O3/c1-16-6-8-21-19(11-16)20(26-15-17-5-4-10-25-14-17)13-23(29-21)18-7-9-22(27-2)24(12-18)28-3/h4-14H,15H2,1-3H3. The van der Waals surface area contributed by atoms with Gasteiger partial charge in [-0.2, -0.15) is 0 Å². The molecule has 29 heavy (non-hydrogen) atoms. The molecule has 0 saturated heterocycles. The predicted octanol–water partition coefficient (Wildman–Crippen LogP) is 4.92. The number of aryl methyl sites for hydroxylation is 1. The van der Waals surface area contributed by atoms with Crippen molar-refractivity contribution in [3.63, 3.8) is 0 Å². The van der Waals surface area contributed by atoms with Crippen LogP contribution in [-0.4, -0.2) is 19.2 Å². The van der Waals surface area contributed by atoms with Crippen LogP contribution in [0.3, 0.4) is 0 Å². The highest BCUT2D eigenvalue weighted by atomic mass is 16.5. The van der Waals surface area contributed by atoms with Crippen molar-refractivity contribution >= 4 is 11.0 Å². The van der Waals surface area contributed by atoms with Crippen LogP contribution in [-0.2, 0) is 6.54 Å². The van der Waals surface area contributed by atoms with Crippen LogP contribution in [0.4, 0.5) is 0 Å². The summed E-state index contributed by atoms with van der Waals surface area (Å²) in [6.07, 6.45) is 3.60. The highest BCUT2D eigenvalue weighted by Gasteiger charge is 2.10. The van der Waals surface area contributed by atoms with Crippen molar-refractivity contribution < 1.29 is 13.9 Å². The number of fused-ring (bicyclic) bond motifs is 1. The highest BCUT2D eigenvalue weighted by molar-refractivity contribution is 5.79. The van der Waals surface area contributed by atoms with Gasteiger partial charge in [0.05, 0.1) is 26.1 Å². The minimum absolute atomic E-state index is 0.548. The van der Waals surface area contributed by atoms with E-state index < -0.39 is 0 Å².